The maximum absolute atomic E-state index is 13.2. The predicted octanol–water partition coefficient (Wildman–Crippen LogP) is 3.40. The van der Waals surface area contributed by atoms with Crippen LogP contribution in [-0.4, -0.2) is 46.3 Å². The minimum atomic E-state index is -4.67. The smallest absolute Gasteiger partial charge is 0.394 e. The molecule has 3 rings (SSSR count). The summed E-state index contributed by atoms with van der Waals surface area (Å²) >= 11 is 6.20. The number of carbonyl (C=O) groups excluding carboxylic acids is 3. The van der Waals surface area contributed by atoms with Crippen molar-refractivity contribution in [3.63, 3.8) is 0 Å². The Morgan fingerprint density at radius 1 is 1.06 bits per heavy atom. The van der Waals surface area contributed by atoms with Crippen LogP contribution >= 0.6 is 31.9 Å². The highest BCUT2D eigenvalue weighted by Crippen LogP contribution is 2.26. The van der Waals surface area contributed by atoms with Gasteiger partial charge in [0, 0.05) is 21.8 Å². The van der Waals surface area contributed by atoms with Gasteiger partial charge in [-0.25, -0.2) is 8.78 Å². The van der Waals surface area contributed by atoms with E-state index in [9.17, 15) is 23.2 Å². The summed E-state index contributed by atoms with van der Waals surface area (Å²) in [7, 11) is -4.67. The van der Waals surface area contributed by atoms with Crippen molar-refractivity contribution < 1.29 is 45.9 Å². The van der Waals surface area contributed by atoms with Crippen LogP contribution in [0.25, 0.3) is 0 Å². The second kappa shape index (κ2) is 12.0. The standard InChI is InChI=1S/C9H7BrFNO2.C9H4BrFO2.H2O4S/c10-7-1-6(2-8(11)4-7)3-9(13)5-12-14;10-5-1-4-2-7(12)9(13)8(4)6(11)3-5;1-5(2,3)4/h1-2,4-5,14H,3H2;1,3H,2H2;(H2,1,2,3,4)/b12-5+;;. The van der Waals surface area contributed by atoms with Gasteiger partial charge >= 0.3 is 10.4 Å². The van der Waals surface area contributed by atoms with Crippen molar-refractivity contribution in [3.8, 4) is 0 Å². The molecule has 0 saturated carbocycles. The first-order valence-electron chi connectivity index (χ1n) is 8.11. The molecule has 0 aromatic heterocycles. The number of halogens is 4. The van der Waals surface area contributed by atoms with E-state index in [-0.39, 0.29) is 24.2 Å². The molecule has 0 radical (unpaired) electrons. The molecule has 2 aromatic rings. The van der Waals surface area contributed by atoms with E-state index in [2.05, 4.69) is 37.0 Å². The molecule has 2 aromatic carbocycles. The van der Waals surface area contributed by atoms with Crippen molar-refractivity contribution in [2.45, 2.75) is 12.8 Å². The SMILES string of the molecule is O=C(/C=N/O)Cc1cc(F)cc(Br)c1.O=C1Cc2cc(Br)cc(F)c2C1=O.O=S(=O)(O)O. The molecule has 0 saturated heterocycles. The van der Waals surface area contributed by atoms with Gasteiger partial charge in [0.2, 0.25) is 11.6 Å². The normalized spacial score (nSPS) is 12.6. The molecule has 3 N–H and O–H groups in total. The van der Waals surface area contributed by atoms with E-state index in [1.807, 2.05) is 0 Å². The summed E-state index contributed by atoms with van der Waals surface area (Å²) in [6, 6.07) is 6.98. The van der Waals surface area contributed by atoms with Gasteiger partial charge in [-0.15, -0.1) is 0 Å². The second-order valence-corrected chi connectivity index (χ2v) is 8.69. The van der Waals surface area contributed by atoms with Gasteiger partial charge < -0.3 is 5.21 Å². The summed E-state index contributed by atoms with van der Waals surface area (Å²) in [5.41, 5.74) is 0.942. The largest absolute Gasteiger partial charge is 0.411 e. The molecule has 0 spiro atoms. The Balaban J connectivity index is 0.000000266. The van der Waals surface area contributed by atoms with Crippen LogP contribution in [0.5, 0.6) is 0 Å². The molecule has 0 unspecified atom stereocenters. The number of benzene rings is 2. The summed E-state index contributed by atoms with van der Waals surface area (Å²) in [4.78, 5) is 33.1. The molecule has 1 aliphatic rings. The summed E-state index contributed by atoms with van der Waals surface area (Å²) in [5, 5.41) is 10.7. The van der Waals surface area contributed by atoms with Crippen molar-refractivity contribution in [3.05, 3.63) is 67.6 Å². The number of rotatable bonds is 3. The molecule has 9 nitrogen and oxygen atoms in total. The number of Topliss-reactive ketones (excluding diaryl/α,β-unsaturated/α-hetero) is 3. The van der Waals surface area contributed by atoms with Crippen LogP contribution in [0.2, 0.25) is 0 Å². The summed E-state index contributed by atoms with van der Waals surface area (Å²) in [5.74, 6) is -2.67. The fraction of sp³-hybridized carbons (Fsp3) is 0.111. The fourth-order valence-corrected chi connectivity index (χ4v) is 3.43. The van der Waals surface area contributed by atoms with Gasteiger partial charge in [0.05, 0.1) is 5.56 Å². The monoisotopic (exact) mass is 599 g/mol. The van der Waals surface area contributed by atoms with E-state index in [0.717, 1.165) is 6.21 Å². The first-order chi connectivity index (χ1) is 14.7. The molecule has 14 heteroatoms. The predicted molar refractivity (Wildman–Crippen MR) is 114 cm³/mol. The van der Waals surface area contributed by atoms with Crippen LogP contribution in [0.15, 0.2) is 44.4 Å². The van der Waals surface area contributed by atoms with Gasteiger partial charge in [0.1, 0.15) is 17.8 Å². The number of nitrogens with zero attached hydrogens (tertiary/aromatic N) is 1. The van der Waals surface area contributed by atoms with Crippen LogP contribution in [-0.2, 0) is 32.8 Å². The quantitative estimate of drug-likeness (QED) is 0.159. The number of fused-ring (bicyclic) bond motifs is 1. The summed E-state index contributed by atoms with van der Waals surface area (Å²) < 4.78 is 58.7. The molecule has 0 amide bonds. The summed E-state index contributed by atoms with van der Waals surface area (Å²) in [6.07, 6.45) is 0.823. The third kappa shape index (κ3) is 9.82. The van der Waals surface area contributed by atoms with Gasteiger partial charge in [0.25, 0.3) is 0 Å². The van der Waals surface area contributed by atoms with Crippen LogP contribution in [0.3, 0.4) is 0 Å². The van der Waals surface area contributed by atoms with Crippen LogP contribution in [0.1, 0.15) is 21.5 Å². The number of carbonyl (C=O) groups is 3. The molecule has 0 aliphatic heterocycles. The molecule has 0 atom stereocenters. The Morgan fingerprint density at radius 3 is 2.16 bits per heavy atom. The van der Waals surface area contributed by atoms with E-state index in [1.54, 1.807) is 12.1 Å². The molecule has 0 bridgehead atoms. The highest BCUT2D eigenvalue weighted by molar-refractivity contribution is 9.10. The van der Waals surface area contributed by atoms with Crippen molar-refractivity contribution in [1.29, 1.82) is 0 Å². The number of oxime groups is 1. The van der Waals surface area contributed by atoms with Crippen LogP contribution < -0.4 is 0 Å². The lowest BCUT2D eigenvalue weighted by Crippen LogP contribution is -2.07. The topological polar surface area (TPSA) is 158 Å². The average molecular weight is 601 g/mol. The van der Waals surface area contributed by atoms with E-state index >= 15 is 0 Å². The maximum Gasteiger partial charge on any atom is 0.394 e. The Kier molecular flexibility index (Phi) is 10.4. The minimum absolute atomic E-state index is 0.0143. The zero-order chi connectivity index (χ0) is 24.6. The van der Waals surface area contributed by atoms with Gasteiger partial charge in [-0.2, -0.15) is 8.42 Å². The van der Waals surface area contributed by atoms with Gasteiger partial charge in [-0.05, 0) is 41.5 Å². The van der Waals surface area contributed by atoms with Crippen molar-refractivity contribution in [2.75, 3.05) is 0 Å². The molecule has 32 heavy (non-hydrogen) atoms. The van der Waals surface area contributed by atoms with Crippen molar-refractivity contribution in [1.82, 2.24) is 0 Å². The van der Waals surface area contributed by atoms with Crippen LogP contribution in [0.4, 0.5) is 8.78 Å². The summed E-state index contributed by atoms with van der Waals surface area (Å²) in [6.45, 7) is 0. The Labute approximate surface area is 197 Å². The van der Waals surface area contributed by atoms with Crippen molar-refractivity contribution >= 4 is 65.8 Å². The number of hydrogen-bond acceptors (Lipinski definition) is 7. The van der Waals surface area contributed by atoms with Gasteiger partial charge in [-0.1, -0.05) is 37.0 Å². The molecular weight excluding hydrogens is 588 g/mol. The van der Waals surface area contributed by atoms with E-state index in [1.165, 1.54) is 18.2 Å². The van der Waals surface area contributed by atoms with E-state index < -0.39 is 33.6 Å². The molecule has 0 heterocycles. The zero-order valence-electron chi connectivity index (χ0n) is 15.6. The number of hydrogen-bond donors (Lipinski definition) is 3. The third-order valence-corrected chi connectivity index (χ3v) is 4.39. The minimum Gasteiger partial charge on any atom is -0.411 e. The van der Waals surface area contributed by atoms with Crippen molar-refractivity contribution in [2.24, 2.45) is 5.16 Å². The van der Waals surface area contributed by atoms with E-state index in [0.29, 0.717) is 20.1 Å². The second-order valence-electron chi connectivity index (χ2n) is 5.96. The highest BCUT2D eigenvalue weighted by atomic mass is 79.9. The molecular formula is C18H13Br2F2NO8S. The van der Waals surface area contributed by atoms with Crippen LogP contribution in [0, 0.1) is 11.6 Å². The molecule has 0 fully saturated rings. The molecule has 172 valence electrons. The average Bonchev–Trinajstić information content (AvgIpc) is 2.87. The third-order valence-electron chi connectivity index (χ3n) is 3.47. The lowest BCUT2D eigenvalue weighted by atomic mass is 10.1. The van der Waals surface area contributed by atoms with Gasteiger partial charge in [0.15, 0.2) is 5.78 Å². The highest BCUT2D eigenvalue weighted by Gasteiger charge is 2.31. The zero-order valence-corrected chi connectivity index (χ0v) is 19.6. The maximum atomic E-state index is 13.2. The van der Waals surface area contributed by atoms with Gasteiger partial charge in [-0.3, -0.25) is 23.5 Å². The number of ketones is 3. The lowest BCUT2D eigenvalue weighted by molar-refractivity contribution is -0.114. The van der Waals surface area contributed by atoms with E-state index in [4.69, 9.17) is 22.7 Å². The first-order valence-corrected chi connectivity index (χ1v) is 11.1. The Morgan fingerprint density at radius 2 is 1.62 bits per heavy atom. The Hall–Kier alpha value is -2.39. The first kappa shape index (κ1) is 27.6. The molecule has 1 aliphatic carbocycles. The lowest BCUT2D eigenvalue weighted by Gasteiger charge is -1.98. The Bertz CT molecular complexity index is 1160. The fourth-order valence-electron chi connectivity index (χ4n) is 2.44.